The van der Waals surface area contributed by atoms with E-state index in [1.54, 1.807) is 4.90 Å². The lowest BCUT2D eigenvalue weighted by atomic mass is 10.1. The van der Waals surface area contributed by atoms with Gasteiger partial charge in [-0.15, -0.1) is 0 Å². The molecule has 0 aromatic heterocycles. The van der Waals surface area contributed by atoms with Crippen molar-refractivity contribution in [2.24, 2.45) is 0 Å². The fourth-order valence-electron chi connectivity index (χ4n) is 2.36. The van der Waals surface area contributed by atoms with E-state index in [1.807, 2.05) is 25.1 Å². The predicted molar refractivity (Wildman–Crippen MR) is 84.7 cm³/mol. The molecule has 0 atom stereocenters. The number of nitrogen functional groups attached to an aromatic ring is 1. The second-order valence-electron chi connectivity index (χ2n) is 4.82. The van der Waals surface area contributed by atoms with Crippen molar-refractivity contribution in [3.05, 3.63) is 23.8 Å². The molecule has 0 spiro atoms. The molecule has 1 aromatic rings. The Labute approximate surface area is 133 Å². The van der Waals surface area contributed by atoms with Gasteiger partial charge in [0.15, 0.2) is 0 Å². The Hall–Kier alpha value is -0.840. The number of anilines is 2. The average molecular weight is 337 g/mol. The first kappa shape index (κ1) is 15.5. The third kappa shape index (κ3) is 3.43. The van der Waals surface area contributed by atoms with Crippen LogP contribution in [-0.2, 0) is 4.79 Å². The van der Waals surface area contributed by atoms with Crippen LogP contribution in [0.4, 0.5) is 11.4 Å². The van der Waals surface area contributed by atoms with Crippen LogP contribution < -0.4 is 10.6 Å². The highest BCUT2D eigenvalue weighted by atomic mass is 35.6. The van der Waals surface area contributed by atoms with Crippen LogP contribution >= 0.6 is 34.8 Å². The highest BCUT2D eigenvalue weighted by molar-refractivity contribution is 6.76. The normalized spacial score (nSPS) is 16.4. The molecule has 20 heavy (non-hydrogen) atoms. The lowest BCUT2D eigenvalue weighted by Gasteiger charge is -2.37. The number of amides is 1. The number of aryl methyl sites for hydroxylation is 1. The zero-order valence-corrected chi connectivity index (χ0v) is 13.3. The smallest absolute Gasteiger partial charge is 0.274 e. The fraction of sp³-hybridized carbons (Fsp3) is 0.462. The zero-order valence-electron chi connectivity index (χ0n) is 11.1. The second kappa shape index (κ2) is 5.88. The maximum atomic E-state index is 11.9. The minimum Gasteiger partial charge on any atom is -0.399 e. The standard InChI is InChI=1S/C13H16Cl3N3O/c1-9-8-10(17)2-3-11(9)18-4-6-19(7-5-18)12(20)13(14,15)16/h2-3,8H,4-7,17H2,1H3. The van der Waals surface area contributed by atoms with E-state index >= 15 is 0 Å². The van der Waals surface area contributed by atoms with Crippen molar-refractivity contribution in [1.29, 1.82) is 0 Å². The van der Waals surface area contributed by atoms with Crippen LogP contribution in [0.15, 0.2) is 18.2 Å². The minimum absolute atomic E-state index is 0.462. The largest absolute Gasteiger partial charge is 0.399 e. The molecule has 0 aliphatic carbocycles. The Balaban J connectivity index is 2.03. The van der Waals surface area contributed by atoms with Crippen LogP contribution in [-0.4, -0.2) is 40.8 Å². The van der Waals surface area contributed by atoms with Gasteiger partial charge in [-0.2, -0.15) is 0 Å². The Morgan fingerprint density at radius 3 is 2.30 bits per heavy atom. The summed E-state index contributed by atoms with van der Waals surface area (Å²) in [5.74, 6) is -0.462. The maximum Gasteiger partial charge on any atom is 0.274 e. The molecule has 0 bridgehead atoms. The van der Waals surface area contributed by atoms with Gasteiger partial charge in [0.1, 0.15) is 0 Å². The summed E-state index contributed by atoms with van der Waals surface area (Å²) in [4.78, 5) is 15.7. The summed E-state index contributed by atoms with van der Waals surface area (Å²) >= 11 is 16.9. The summed E-state index contributed by atoms with van der Waals surface area (Å²) in [5.41, 5.74) is 8.74. The number of piperazine rings is 1. The molecule has 7 heteroatoms. The number of benzene rings is 1. The van der Waals surface area contributed by atoms with E-state index in [0.717, 1.165) is 16.9 Å². The maximum absolute atomic E-state index is 11.9. The van der Waals surface area contributed by atoms with E-state index in [4.69, 9.17) is 40.5 Å². The van der Waals surface area contributed by atoms with Gasteiger partial charge in [0, 0.05) is 37.6 Å². The van der Waals surface area contributed by atoms with Gasteiger partial charge in [-0.05, 0) is 30.7 Å². The quantitative estimate of drug-likeness (QED) is 0.633. The molecule has 1 aliphatic rings. The molecular formula is C13H16Cl3N3O. The van der Waals surface area contributed by atoms with E-state index in [-0.39, 0.29) is 0 Å². The molecule has 4 nitrogen and oxygen atoms in total. The molecule has 1 fully saturated rings. The van der Waals surface area contributed by atoms with E-state index in [9.17, 15) is 4.79 Å². The lowest BCUT2D eigenvalue weighted by molar-refractivity contribution is -0.130. The highest BCUT2D eigenvalue weighted by Crippen LogP contribution is 2.30. The van der Waals surface area contributed by atoms with Gasteiger partial charge in [0.2, 0.25) is 0 Å². The summed E-state index contributed by atoms with van der Waals surface area (Å²) < 4.78 is -1.88. The number of halogens is 3. The number of carbonyl (C=O) groups is 1. The SMILES string of the molecule is Cc1cc(N)ccc1N1CCN(C(=O)C(Cl)(Cl)Cl)CC1. The van der Waals surface area contributed by atoms with Gasteiger partial charge in [-0.3, -0.25) is 4.79 Å². The van der Waals surface area contributed by atoms with Crippen molar-refractivity contribution in [1.82, 2.24) is 4.90 Å². The molecule has 1 amide bonds. The molecule has 0 radical (unpaired) electrons. The topological polar surface area (TPSA) is 49.6 Å². The fourth-order valence-corrected chi connectivity index (χ4v) is 2.72. The number of nitrogens with two attached hydrogens (primary N) is 1. The van der Waals surface area contributed by atoms with Gasteiger partial charge >= 0.3 is 0 Å². The van der Waals surface area contributed by atoms with Crippen molar-refractivity contribution < 1.29 is 4.79 Å². The molecule has 1 saturated heterocycles. The van der Waals surface area contributed by atoms with Crippen molar-refractivity contribution in [3.8, 4) is 0 Å². The summed E-state index contributed by atoms with van der Waals surface area (Å²) in [7, 11) is 0. The summed E-state index contributed by atoms with van der Waals surface area (Å²) in [6.45, 7) is 4.51. The van der Waals surface area contributed by atoms with Crippen LogP contribution in [0.3, 0.4) is 0 Å². The van der Waals surface area contributed by atoms with E-state index in [1.165, 1.54) is 0 Å². The first-order chi connectivity index (χ1) is 9.29. The summed E-state index contributed by atoms with van der Waals surface area (Å²) in [6, 6.07) is 5.81. The molecule has 0 unspecified atom stereocenters. The molecule has 1 aromatic carbocycles. The van der Waals surface area contributed by atoms with Gasteiger partial charge in [-0.1, -0.05) is 34.8 Å². The number of carbonyl (C=O) groups excluding carboxylic acids is 1. The first-order valence-electron chi connectivity index (χ1n) is 6.26. The van der Waals surface area contributed by atoms with E-state index in [2.05, 4.69) is 4.90 Å². The van der Waals surface area contributed by atoms with Crippen LogP contribution in [0, 0.1) is 6.92 Å². The number of hydrogen-bond acceptors (Lipinski definition) is 3. The molecular weight excluding hydrogens is 321 g/mol. The van der Waals surface area contributed by atoms with Gasteiger partial charge in [0.25, 0.3) is 9.70 Å². The Morgan fingerprint density at radius 1 is 1.20 bits per heavy atom. The molecule has 110 valence electrons. The third-order valence-electron chi connectivity index (χ3n) is 3.37. The molecule has 2 N–H and O–H groups in total. The number of alkyl halides is 3. The van der Waals surface area contributed by atoms with Gasteiger partial charge in [-0.25, -0.2) is 0 Å². The second-order valence-corrected chi connectivity index (χ2v) is 7.10. The predicted octanol–water partition coefficient (Wildman–Crippen LogP) is 2.60. The zero-order chi connectivity index (χ0) is 14.9. The summed E-state index contributed by atoms with van der Waals surface area (Å²) in [6.07, 6.45) is 0. The Kier molecular flexibility index (Phi) is 4.57. The molecule has 0 saturated carbocycles. The van der Waals surface area contributed by atoms with Crippen LogP contribution in [0.2, 0.25) is 0 Å². The molecule has 1 heterocycles. The first-order valence-corrected chi connectivity index (χ1v) is 7.39. The van der Waals surface area contributed by atoms with Crippen molar-refractivity contribution in [3.63, 3.8) is 0 Å². The van der Waals surface area contributed by atoms with Crippen LogP contribution in [0.25, 0.3) is 0 Å². The van der Waals surface area contributed by atoms with Crippen LogP contribution in [0.5, 0.6) is 0 Å². The third-order valence-corrected chi connectivity index (χ3v) is 3.86. The molecule has 2 rings (SSSR count). The molecule has 1 aliphatic heterocycles. The monoisotopic (exact) mass is 335 g/mol. The van der Waals surface area contributed by atoms with Crippen molar-refractivity contribution in [2.75, 3.05) is 36.8 Å². The number of hydrogen-bond donors (Lipinski definition) is 1. The Morgan fingerprint density at radius 2 is 1.80 bits per heavy atom. The van der Waals surface area contributed by atoms with Gasteiger partial charge in [0.05, 0.1) is 0 Å². The van der Waals surface area contributed by atoms with E-state index < -0.39 is 9.70 Å². The lowest BCUT2D eigenvalue weighted by Crippen LogP contribution is -2.51. The summed E-state index contributed by atoms with van der Waals surface area (Å²) in [5, 5.41) is 0. The average Bonchev–Trinajstić information content (AvgIpc) is 2.37. The highest BCUT2D eigenvalue weighted by Gasteiger charge is 2.36. The number of rotatable bonds is 1. The Bertz CT molecular complexity index is 508. The van der Waals surface area contributed by atoms with Crippen molar-refractivity contribution in [2.45, 2.75) is 10.7 Å². The van der Waals surface area contributed by atoms with Crippen molar-refractivity contribution >= 4 is 52.1 Å². The number of nitrogens with zero attached hydrogens (tertiary/aromatic N) is 2. The van der Waals surface area contributed by atoms with E-state index in [0.29, 0.717) is 26.2 Å². The van der Waals surface area contributed by atoms with Gasteiger partial charge < -0.3 is 15.5 Å². The van der Waals surface area contributed by atoms with Crippen LogP contribution in [0.1, 0.15) is 5.56 Å². The minimum atomic E-state index is -1.88.